The number of carbonyl (C=O) groups excluding carboxylic acids is 1. The van der Waals surface area contributed by atoms with Crippen LogP contribution >= 0.6 is 0 Å². The number of nitrogens with zero attached hydrogens (tertiary/aromatic N) is 1. The second kappa shape index (κ2) is 4.60. The van der Waals surface area contributed by atoms with Crippen molar-refractivity contribution in [3.05, 3.63) is 11.6 Å². The van der Waals surface area contributed by atoms with Gasteiger partial charge in [0.25, 0.3) is 0 Å². The van der Waals surface area contributed by atoms with Crippen molar-refractivity contribution >= 4 is 21.5 Å². The minimum atomic E-state index is -3.01. The lowest BCUT2D eigenvalue weighted by molar-refractivity contribution is -0.124. The maximum absolute atomic E-state index is 11.7. The maximum Gasteiger partial charge on any atom is 0.244 e. The van der Waals surface area contributed by atoms with Gasteiger partial charge in [0.15, 0.2) is 9.84 Å². The van der Waals surface area contributed by atoms with Crippen molar-refractivity contribution in [2.45, 2.75) is 26.2 Å². The fourth-order valence-electron chi connectivity index (χ4n) is 2.06. The van der Waals surface area contributed by atoms with Gasteiger partial charge in [-0.1, -0.05) is 5.57 Å². The molecule has 1 atom stereocenters. The van der Waals surface area contributed by atoms with Crippen LogP contribution < -0.4 is 5.43 Å². The average molecular weight is 256 g/mol. The molecule has 1 aliphatic carbocycles. The summed E-state index contributed by atoms with van der Waals surface area (Å²) in [7, 11) is -3.01. The van der Waals surface area contributed by atoms with E-state index in [0.717, 1.165) is 18.6 Å². The molecule has 1 fully saturated rings. The highest BCUT2D eigenvalue weighted by Gasteiger charge is 2.32. The van der Waals surface area contributed by atoms with Gasteiger partial charge in [-0.25, -0.2) is 13.8 Å². The number of rotatable bonds is 2. The summed E-state index contributed by atoms with van der Waals surface area (Å²) < 4.78 is 22.4. The molecule has 0 bridgehead atoms. The Morgan fingerprint density at radius 3 is 2.76 bits per heavy atom. The van der Waals surface area contributed by atoms with Crippen molar-refractivity contribution in [3.8, 4) is 0 Å². The molecule has 2 rings (SSSR count). The first kappa shape index (κ1) is 12.3. The zero-order valence-corrected chi connectivity index (χ0v) is 10.6. The molecule has 17 heavy (non-hydrogen) atoms. The van der Waals surface area contributed by atoms with E-state index in [1.165, 1.54) is 5.57 Å². The van der Waals surface area contributed by atoms with Crippen molar-refractivity contribution in [1.29, 1.82) is 0 Å². The largest absolute Gasteiger partial charge is 0.273 e. The highest BCUT2D eigenvalue weighted by Crippen LogP contribution is 2.18. The third-order valence-corrected chi connectivity index (χ3v) is 4.87. The van der Waals surface area contributed by atoms with Crippen molar-refractivity contribution in [2.75, 3.05) is 11.5 Å². The van der Waals surface area contributed by atoms with Crippen LogP contribution in [0.5, 0.6) is 0 Å². The number of nitrogens with one attached hydrogen (secondary N) is 1. The van der Waals surface area contributed by atoms with Gasteiger partial charge in [-0.15, -0.1) is 0 Å². The molecule has 0 spiro atoms. The van der Waals surface area contributed by atoms with Gasteiger partial charge in [-0.05, 0) is 32.3 Å². The summed E-state index contributed by atoms with van der Waals surface area (Å²) >= 11 is 0. The van der Waals surface area contributed by atoms with Crippen LogP contribution in [0, 0.1) is 5.92 Å². The first-order chi connectivity index (χ1) is 7.96. The van der Waals surface area contributed by atoms with Gasteiger partial charge in [-0.2, -0.15) is 5.10 Å². The Morgan fingerprint density at radius 1 is 1.47 bits per heavy atom. The Balaban J connectivity index is 1.91. The molecule has 0 unspecified atom stereocenters. The van der Waals surface area contributed by atoms with E-state index in [2.05, 4.69) is 10.5 Å². The minimum Gasteiger partial charge on any atom is -0.273 e. The highest BCUT2D eigenvalue weighted by atomic mass is 32.2. The summed E-state index contributed by atoms with van der Waals surface area (Å²) in [5.41, 5.74) is 4.57. The second-order valence-corrected chi connectivity index (χ2v) is 6.90. The van der Waals surface area contributed by atoms with E-state index in [0.29, 0.717) is 6.42 Å². The summed E-state index contributed by atoms with van der Waals surface area (Å²) in [5, 5.41) is 4.01. The molecule has 1 amide bonds. The van der Waals surface area contributed by atoms with Crippen LogP contribution in [0.4, 0.5) is 0 Å². The van der Waals surface area contributed by atoms with Gasteiger partial charge in [0, 0.05) is 0 Å². The molecule has 2 aliphatic rings. The molecule has 0 aromatic rings. The zero-order valence-electron chi connectivity index (χ0n) is 9.77. The number of hydrogen-bond donors (Lipinski definition) is 1. The molecule has 1 N–H and O–H groups in total. The number of sulfone groups is 1. The number of hydrogen-bond acceptors (Lipinski definition) is 4. The molecule has 0 radical (unpaired) electrons. The average Bonchev–Trinajstić information content (AvgIpc) is 2.81. The predicted molar refractivity (Wildman–Crippen MR) is 65.3 cm³/mol. The molecule has 0 saturated carbocycles. The van der Waals surface area contributed by atoms with E-state index in [1.807, 2.05) is 13.0 Å². The third-order valence-electron chi connectivity index (χ3n) is 3.10. The smallest absolute Gasteiger partial charge is 0.244 e. The number of carbonyl (C=O) groups is 1. The maximum atomic E-state index is 11.7. The summed E-state index contributed by atoms with van der Waals surface area (Å²) in [6, 6.07) is 0. The Labute approximate surface area is 101 Å². The molecule has 1 heterocycles. The molecular formula is C11H16N2O3S. The molecule has 94 valence electrons. The molecule has 1 saturated heterocycles. The van der Waals surface area contributed by atoms with Gasteiger partial charge >= 0.3 is 0 Å². The van der Waals surface area contributed by atoms with Gasteiger partial charge in [0.05, 0.1) is 23.1 Å². The fraction of sp³-hybridized carbons (Fsp3) is 0.636. The van der Waals surface area contributed by atoms with Gasteiger partial charge < -0.3 is 0 Å². The summed E-state index contributed by atoms with van der Waals surface area (Å²) in [6.45, 7) is 2.02. The first-order valence-corrected chi connectivity index (χ1v) is 7.52. The van der Waals surface area contributed by atoms with E-state index >= 15 is 0 Å². The van der Waals surface area contributed by atoms with Crippen LogP contribution in [0.25, 0.3) is 0 Å². The Kier molecular flexibility index (Phi) is 3.33. The quantitative estimate of drug-likeness (QED) is 0.736. The summed E-state index contributed by atoms with van der Waals surface area (Å²) in [5.74, 6) is -0.647. The molecule has 0 aromatic carbocycles. The number of amides is 1. The highest BCUT2D eigenvalue weighted by molar-refractivity contribution is 7.91. The monoisotopic (exact) mass is 256 g/mol. The molecule has 0 aromatic heterocycles. The van der Waals surface area contributed by atoms with Crippen LogP contribution in [-0.4, -0.2) is 31.5 Å². The van der Waals surface area contributed by atoms with E-state index in [4.69, 9.17) is 0 Å². The van der Waals surface area contributed by atoms with Crippen molar-refractivity contribution in [3.63, 3.8) is 0 Å². The van der Waals surface area contributed by atoms with Crippen molar-refractivity contribution < 1.29 is 13.2 Å². The van der Waals surface area contributed by atoms with Gasteiger partial charge in [-0.3, -0.25) is 4.79 Å². The van der Waals surface area contributed by atoms with E-state index in [1.54, 1.807) is 0 Å². The number of hydrazone groups is 1. The lowest BCUT2D eigenvalue weighted by Crippen LogP contribution is -2.28. The Hall–Kier alpha value is -1.17. The molecule has 5 nitrogen and oxygen atoms in total. The first-order valence-electron chi connectivity index (χ1n) is 5.70. The van der Waals surface area contributed by atoms with Gasteiger partial charge in [0.2, 0.25) is 5.91 Å². The lowest BCUT2D eigenvalue weighted by atomic mass is 10.1. The number of allylic oxidation sites excluding steroid dienone is 2. The van der Waals surface area contributed by atoms with Crippen LogP contribution in [-0.2, 0) is 14.6 Å². The zero-order chi connectivity index (χ0) is 12.5. The van der Waals surface area contributed by atoms with Crippen molar-refractivity contribution in [1.82, 2.24) is 5.43 Å². The lowest BCUT2D eigenvalue weighted by Gasteiger charge is -2.05. The Morgan fingerprint density at radius 2 is 2.24 bits per heavy atom. The molecular weight excluding hydrogens is 240 g/mol. The third kappa shape index (κ3) is 3.15. The standard InChI is InChI=1S/C11H16N2O3S/c1-8-2-3-10(6-8)12-13-11(14)9-4-5-17(15,16)7-9/h6,9H,2-5,7H2,1H3,(H,13,14)/b12-10+/t9-/m1/s1. The van der Waals surface area contributed by atoms with Crippen LogP contribution in [0.2, 0.25) is 0 Å². The summed E-state index contributed by atoms with van der Waals surface area (Å²) in [6.07, 6.45) is 4.18. The van der Waals surface area contributed by atoms with Crippen LogP contribution in [0.1, 0.15) is 26.2 Å². The SMILES string of the molecule is CC1=C/C(=N/NC(=O)[C@@H]2CCS(=O)(=O)C2)CC1. The fourth-order valence-corrected chi connectivity index (χ4v) is 3.80. The van der Waals surface area contributed by atoms with E-state index in [-0.39, 0.29) is 17.4 Å². The normalized spacial score (nSPS) is 29.4. The van der Waals surface area contributed by atoms with Gasteiger partial charge in [0.1, 0.15) is 0 Å². The minimum absolute atomic E-state index is 0.0431. The van der Waals surface area contributed by atoms with Crippen molar-refractivity contribution in [2.24, 2.45) is 11.0 Å². The van der Waals surface area contributed by atoms with E-state index < -0.39 is 15.8 Å². The topological polar surface area (TPSA) is 75.6 Å². The van der Waals surface area contributed by atoms with Crippen LogP contribution in [0.3, 0.4) is 0 Å². The molecule has 1 aliphatic heterocycles. The molecule has 6 heteroatoms. The Bertz CT molecular complexity index is 491. The predicted octanol–water partition coefficient (Wildman–Crippen LogP) is 0.633. The second-order valence-electron chi connectivity index (χ2n) is 4.67. The summed E-state index contributed by atoms with van der Waals surface area (Å²) in [4.78, 5) is 11.7. The van der Waals surface area contributed by atoms with E-state index in [9.17, 15) is 13.2 Å². The van der Waals surface area contributed by atoms with Crippen LogP contribution in [0.15, 0.2) is 16.8 Å².